The maximum absolute atomic E-state index is 11.0. The lowest BCUT2D eigenvalue weighted by atomic mass is 10.2. The van der Waals surface area contributed by atoms with Gasteiger partial charge in [-0.3, -0.25) is 9.78 Å². The zero-order chi connectivity index (χ0) is 10.6. The van der Waals surface area contributed by atoms with Gasteiger partial charge in [-0.05, 0) is 6.07 Å². The average Bonchev–Trinajstić information content (AvgIpc) is 2.18. The smallest absolute Gasteiger partial charge is 0.337 e. The second kappa shape index (κ2) is 4.36. The molecule has 0 aromatic carbocycles. The Labute approximate surface area is 80.8 Å². The number of rotatable bonds is 3. The van der Waals surface area contributed by atoms with Crippen LogP contribution in [0.1, 0.15) is 23.7 Å². The second-order valence-corrected chi connectivity index (χ2v) is 2.63. The Morgan fingerprint density at radius 3 is 2.86 bits per heavy atom. The van der Waals surface area contributed by atoms with Crippen LogP contribution in [0.5, 0.6) is 0 Å². The van der Waals surface area contributed by atoms with Crippen LogP contribution in [-0.2, 0) is 4.79 Å². The molecular weight excluding hydrogens is 184 g/mol. The van der Waals surface area contributed by atoms with Gasteiger partial charge in [-0.15, -0.1) is 0 Å². The van der Waals surface area contributed by atoms with Gasteiger partial charge in [0.05, 0.1) is 17.4 Å². The van der Waals surface area contributed by atoms with Crippen LogP contribution < -0.4 is 5.32 Å². The Kier molecular flexibility index (Phi) is 3.17. The molecule has 5 nitrogen and oxygen atoms in total. The number of carboxylic acid groups (broad SMARTS) is 1. The van der Waals surface area contributed by atoms with E-state index in [2.05, 4.69) is 10.3 Å². The van der Waals surface area contributed by atoms with E-state index in [1.165, 1.54) is 18.5 Å². The van der Waals surface area contributed by atoms with Gasteiger partial charge >= 0.3 is 5.97 Å². The highest BCUT2D eigenvalue weighted by Gasteiger charge is 2.10. The normalized spacial score (nSPS) is 9.50. The van der Waals surface area contributed by atoms with Gasteiger partial charge in [0.1, 0.15) is 0 Å². The number of aromatic nitrogens is 1. The number of nitrogens with zero attached hydrogens (tertiary/aromatic N) is 1. The maximum atomic E-state index is 11.0. The van der Waals surface area contributed by atoms with E-state index >= 15 is 0 Å². The van der Waals surface area contributed by atoms with Gasteiger partial charge < -0.3 is 10.4 Å². The molecule has 0 aliphatic heterocycles. The molecule has 0 aliphatic rings. The summed E-state index contributed by atoms with van der Waals surface area (Å²) in [5.41, 5.74) is 0.272. The van der Waals surface area contributed by atoms with Gasteiger partial charge in [-0.1, -0.05) is 6.92 Å². The summed E-state index contributed by atoms with van der Waals surface area (Å²) in [5, 5.41) is 11.2. The molecule has 2 N–H and O–H groups in total. The van der Waals surface area contributed by atoms with E-state index in [9.17, 15) is 9.59 Å². The van der Waals surface area contributed by atoms with E-state index in [-0.39, 0.29) is 17.2 Å². The lowest BCUT2D eigenvalue weighted by Crippen LogP contribution is -2.13. The summed E-state index contributed by atoms with van der Waals surface area (Å²) >= 11 is 0. The summed E-state index contributed by atoms with van der Waals surface area (Å²) in [6, 6.07) is 1.34. The number of hydrogen-bond donors (Lipinski definition) is 2. The van der Waals surface area contributed by atoms with E-state index in [1.54, 1.807) is 6.92 Å². The summed E-state index contributed by atoms with van der Waals surface area (Å²) in [4.78, 5) is 25.5. The fourth-order valence-corrected chi connectivity index (χ4v) is 0.919. The monoisotopic (exact) mass is 194 g/mol. The Bertz CT molecular complexity index is 363. The van der Waals surface area contributed by atoms with Crippen LogP contribution in [-0.4, -0.2) is 22.0 Å². The minimum absolute atomic E-state index is 0.0433. The maximum Gasteiger partial charge on any atom is 0.337 e. The van der Waals surface area contributed by atoms with Gasteiger partial charge in [0.25, 0.3) is 0 Å². The van der Waals surface area contributed by atoms with Crippen molar-refractivity contribution in [3.05, 3.63) is 24.0 Å². The van der Waals surface area contributed by atoms with Crippen molar-refractivity contribution in [2.45, 2.75) is 13.3 Å². The zero-order valence-corrected chi connectivity index (χ0v) is 7.65. The summed E-state index contributed by atoms with van der Waals surface area (Å²) in [7, 11) is 0. The van der Waals surface area contributed by atoms with Gasteiger partial charge in [0, 0.05) is 12.6 Å². The number of nitrogens with one attached hydrogen (secondary N) is 1. The third-order valence-corrected chi connectivity index (χ3v) is 1.65. The van der Waals surface area contributed by atoms with Crippen LogP contribution in [0.15, 0.2) is 18.5 Å². The van der Waals surface area contributed by atoms with E-state index in [0.717, 1.165) is 0 Å². The molecule has 5 heteroatoms. The van der Waals surface area contributed by atoms with Crippen molar-refractivity contribution >= 4 is 17.6 Å². The Morgan fingerprint density at radius 2 is 2.29 bits per heavy atom. The fourth-order valence-electron chi connectivity index (χ4n) is 0.919. The van der Waals surface area contributed by atoms with Crippen LogP contribution in [0.2, 0.25) is 0 Å². The van der Waals surface area contributed by atoms with Crippen molar-refractivity contribution in [2.75, 3.05) is 5.32 Å². The molecule has 0 saturated carbocycles. The van der Waals surface area contributed by atoms with Crippen LogP contribution >= 0.6 is 0 Å². The van der Waals surface area contributed by atoms with Crippen LogP contribution in [0, 0.1) is 0 Å². The van der Waals surface area contributed by atoms with Crippen molar-refractivity contribution < 1.29 is 14.7 Å². The Morgan fingerprint density at radius 1 is 1.57 bits per heavy atom. The van der Waals surface area contributed by atoms with E-state index < -0.39 is 5.97 Å². The standard InChI is InChI=1S/C9H10N2O3/c1-2-8(12)11-7-5-10-4-3-6(7)9(13)14/h3-5H,2H2,1H3,(H,11,12)(H,13,14). The molecule has 1 aromatic heterocycles. The number of hydrogen-bond acceptors (Lipinski definition) is 3. The number of anilines is 1. The van der Waals surface area contributed by atoms with Gasteiger partial charge in [-0.25, -0.2) is 4.79 Å². The van der Waals surface area contributed by atoms with Crippen LogP contribution in [0.25, 0.3) is 0 Å². The average molecular weight is 194 g/mol. The minimum Gasteiger partial charge on any atom is -0.478 e. The third-order valence-electron chi connectivity index (χ3n) is 1.65. The summed E-state index contributed by atoms with van der Waals surface area (Å²) in [5.74, 6) is -1.32. The van der Waals surface area contributed by atoms with Gasteiger partial charge in [0.2, 0.25) is 5.91 Å². The van der Waals surface area contributed by atoms with Crippen molar-refractivity contribution in [1.82, 2.24) is 4.98 Å². The van der Waals surface area contributed by atoms with E-state index in [0.29, 0.717) is 6.42 Å². The number of aromatic carboxylic acids is 1. The first-order valence-electron chi connectivity index (χ1n) is 4.12. The third kappa shape index (κ3) is 2.29. The molecule has 14 heavy (non-hydrogen) atoms. The Balaban J connectivity index is 2.95. The topological polar surface area (TPSA) is 79.3 Å². The van der Waals surface area contributed by atoms with E-state index in [4.69, 9.17) is 5.11 Å². The molecule has 0 bridgehead atoms. The molecule has 0 fully saturated rings. The second-order valence-electron chi connectivity index (χ2n) is 2.63. The SMILES string of the molecule is CCC(=O)Nc1cnccc1C(=O)O. The summed E-state index contributed by atoms with van der Waals surface area (Å²) in [6.07, 6.45) is 2.98. The van der Waals surface area contributed by atoms with Crippen LogP contribution in [0.3, 0.4) is 0 Å². The van der Waals surface area contributed by atoms with Gasteiger partial charge in [0.15, 0.2) is 0 Å². The zero-order valence-electron chi connectivity index (χ0n) is 7.65. The largest absolute Gasteiger partial charge is 0.478 e. The first kappa shape index (κ1) is 10.2. The number of carbonyl (C=O) groups is 2. The highest BCUT2D eigenvalue weighted by molar-refractivity contribution is 6.00. The highest BCUT2D eigenvalue weighted by atomic mass is 16.4. The fraction of sp³-hybridized carbons (Fsp3) is 0.222. The number of pyridine rings is 1. The first-order valence-corrected chi connectivity index (χ1v) is 4.12. The van der Waals surface area contributed by atoms with Crippen molar-refractivity contribution in [3.63, 3.8) is 0 Å². The lowest BCUT2D eigenvalue weighted by molar-refractivity contribution is -0.115. The molecule has 0 radical (unpaired) electrons. The number of amides is 1. The van der Waals surface area contributed by atoms with Gasteiger partial charge in [-0.2, -0.15) is 0 Å². The lowest BCUT2D eigenvalue weighted by Gasteiger charge is -2.05. The molecule has 0 unspecified atom stereocenters. The minimum atomic E-state index is -1.08. The van der Waals surface area contributed by atoms with Crippen molar-refractivity contribution in [3.8, 4) is 0 Å². The molecule has 74 valence electrons. The predicted molar refractivity (Wildman–Crippen MR) is 50.1 cm³/mol. The Hall–Kier alpha value is -1.91. The number of carboxylic acids is 1. The molecule has 0 atom stereocenters. The first-order chi connectivity index (χ1) is 6.65. The van der Waals surface area contributed by atoms with E-state index in [1.807, 2.05) is 0 Å². The quantitative estimate of drug-likeness (QED) is 0.755. The van der Waals surface area contributed by atoms with Crippen molar-refractivity contribution in [1.29, 1.82) is 0 Å². The molecule has 1 heterocycles. The molecular formula is C9H10N2O3. The molecule has 0 saturated heterocycles. The predicted octanol–water partition coefficient (Wildman–Crippen LogP) is 1.13. The number of carbonyl (C=O) groups excluding carboxylic acids is 1. The molecule has 1 rings (SSSR count). The molecule has 0 aliphatic carbocycles. The van der Waals surface area contributed by atoms with Crippen molar-refractivity contribution in [2.24, 2.45) is 0 Å². The molecule has 0 spiro atoms. The molecule has 1 amide bonds. The summed E-state index contributed by atoms with van der Waals surface area (Å²) < 4.78 is 0. The molecule has 1 aromatic rings. The summed E-state index contributed by atoms with van der Waals surface area (Å²) in [6.45, 7) is 1.69. The van der Waals surface area contributed by atoms with Crippen LogP contribution in [0.4, 0.5) is 5.69 Å². The highest BCUT2D eigenvalue weighted by Crippen LogP contribution is 2.13.